The van der Waals surface area contributed by atoms with Crippen molar-refractivity contribution in [1.29, 1.82) is 0 Å². The monoisotopic (exact) mass is 531 g/mol. The lowest BCUT2D eigenvalue weighted by molar-refractivity contribution is -0.113. The van der Waals surface area contributed by atoms with Gasteiger partial charge in [0.15, 0.2) is 0 Å². The minimum Gasteiger partial charge on any atom is -0.508 e. The van der Waals surface area contributed by atoms with Crippen molar-refractivity contribution in [2.24, 2.45) is 0 Å². The number of ether oxygens (including phenoxy) is 1. The Kier molecular flexibility index (Phi) is 7.32. The fourth-order valence-corrected chi connectivity index (χ4v) is 5.07. The SMILES string of the molecule is CCOc1ccccc1NC(=O)C1=C(C)Nc2nc(SCc3ccccc3F)nn2C1c1ccc(O)cc1. The molecule has 3 aromatic carbocycles. The Hall–Kier alpha value is -4.31. The van der Waals surface area contributed by atoms with Crippen LogP contribution in [0.2, 0.25) is 0 Å². The lowest BCUT2D eigenvalue weighted by Crippen LogP contribution is -2.31. The molecule has 5 rings (SSSR count). The summed E-state index contributed by atoms with van der Waals surface area (Å²) in [5.41, 5.74) is 2.89. The average molecular weight is 532 g/mol. The van der Waals surface area contributed by atoms with Gasteiger partial charge in [0.2, 0.25) is 11.1 Å². The van der Waals surface area contributed by atoms with Crippen LogP contribution >= 0.6 is 11.8 Å². The number of fused-ring (bicyclic) bond motifs is 1. The van der Waals surface area contributed by atoms with Crippen LogP contribution in [0.1, 0.15) is 31.0 Å². The summed E-state index contributed by atoms with van der Waals surface area (Å²) in [6, 6.07) is 19.8. The maximum atomic E-state index is 14.1. The Morgan fingerprint density at radius 1 is 1.13 bits per heavy atom. The molecule has 194 valence electrons. The van der Waals surface area contributed by atoms with Crippen LogP contribution < -0.4 is 15.4 Å². The highest BCUT2D eigenvalue weighted by atomic mass is 32.2. The molecular formula is C28H26FN5O3S. The summed E-state index contributed by atoms with van der Waals surface area (Å²) in [5.74, 6) is 0.881. The molecule has 2 heterocycles. The molecule has 1 amide bonds. The first kappa shape index (κ1) is 25.3. The van der Waals surface area contributed by atoms with Crippen LogP contribution in [0.3, 0.4) is 0 Å². The number of anilines is 2. The summed E-state index contributed by atoms with van der Waals surface area (Å²) in [4.78, 5) is 18.3. The summed E-state index contributed by atoms with van der Waals surface area (Å²) >= 11 is 1.30. The Morgan fingerprint density at radius 2 is 1.87 bits per heavy atom. The molecule has 0 radical (unpaired) electrons. The van der Waals surface area contributed by atoms with Crippen molar-refractivity contribution in [3.63, 3.8) is 0 Å². The smallest absolute Gasteiger partial charge is 0.255 e. The number of carbonyl (C=O) groups is 1. The number of para-hydroxylation sites is 2. The standard InChI is InChI=1S/C28H26FN5O3S/c1-3-37-23-11-7-6-10-22(23)31-26(36)24-17(2)30-27-32-28(38-16-19-8-4-5-9-21(19)29)33-34(27)25(24)18-12-14-20(35)15-13-18/h4-15,25,35H,3,16H2,1-2H3,(H,31,36)(H,30,32,33). The van der Waals surface area contributed by atoms with E-state index in [1.807, 2.05) is 19.1 Å². The van der Waals surface area contributed by atoms with Gasteiger partial charge in [-0.25, -0.2) is 9.07 Å². The second-order valence-corrected chi connectivity index (χ2v) is 9.53. The molecule has 0 aliphatic carbocycles. The van der Waals surface area contributed by atoms with Gasteiger partial charge in [0, 0.05) is 11.4 Å². The van der Waals surface area contributed by atoms with E-state index in [0.717, 1.165) is 5.56 Å². The second kappa shape index (κ2) is 11.0. The summed E-state index contributed by atoms with van der Waals surface area (Å²) in [5, 5.41) is 21.2. The normalized spacial score (nSPS) is 14.6. The van der Waals surface area contributed by atoms with E-state index >= 15 is 0 Å². The van der Waals surface area contributed by atoms with E-state index in [0.29, 0.717) is 51.7 Å². The van der Waals surface area contributed by atoms with Gasteiger partial charge in [0.05, 0.1) is 17.9 Å². The first-order valence-corrected chi connectivity index (χ1v) is 13.1. The fraction of sp³-hybridized carbons (Fsp3) is 0.179. The number of nitrogens with one attached hydrogen (secondary N) is 2. The van der Waals surface area contributed by atoms with Crippen molar-refractivity contribution >= 4 is 29.3 Å². The van der Waals surface area contributed by atoms with Crippen LogP contribution in [0.4, 0.5) is 16.0 Å². The van der Waals surface area contributed by atoms with Gasteiger partial charge in [-0.3, -0.25) is 4.79 Å². The number of carbonyl (C=O) groups excluding carboxylic acids is 1. The van der Waals surface area contributed by atoms with Gasteiger partial charge in [-0.2, -0.15) is 4.98 Å². The second-order valence-electron chi connectivity index (χ2n) is 8.58. The summed E-state index contributed by atoms with van der Waals surface area (Å²) < 4.78 is 21.5. The number of hydrogen-bond donors (Lipinski definition) is 3. The third-order valence-corrected chi connectivity index (χ3v) is 6.92. The van der Waals surface area contributed by atoms with Crippen LogP contribution in [0.15, 0.2) is 89.2 Å². The quantitative estimate of drug-likeness (QED) is 0.249. The van der Waals surface area contributed by atoms with E-state index in [1.54, 1.807) is 66.2 Å². The third kappa shape index (κ3) is 5.21. The van der Waals surface area contributed by atoms with Crippen LogP contribution in [-0.4, -0.2) is 32.4 Å². The van der Waals surface area contributed by atoms with E-state index in [2.05, 4.69) is 20.7 Å². The Labute approximate surface area is 223 Å². The largest absolute Gasteiger partial charge is 0.508 e. The van der Waals surface area contributed by atoms with E-state index in [1.165, 1.54) is 17.8 Å². The third-order valence-electron chi connectivity index (χ3n) is 6.04. The van der Waals surface area contributed by atoms with Gasteiger partial charge in [-0.1, -0.05) is 54.2 Å². The summed E-state index contributed by atoms with van der Waals surface area (Å²) in [7, 11) is 0. The van der Waals surface area contributed by atoms with E-state index in [9.17, 15) is 14.3 Å². The van der Waals surface area contributed by atoms with Gasteiger partial charge in [0.25, 0.3) is 5.91 Å². The molecule has 10 heteroatoms. The molecule has 3 N–H and O–H groups in total. The predicted molar refractivity (Wildman–Crippen MR) is 145 cm³/mol. The number of phenols is 1. The van der Waals surface area contributed by atoms with Crippen molar-refractivity contribution < 1.29 is 19.0 Å². The number of amides is 1. The molecule has 1 atom stereocenters. The molecule has 38 heavy (non-hydrogen) atoms. The molecule has 1 aliphatic rings. The van der Waals surface area contributed by atoms with E-state index in [4.69, 9.17) is 4.74 Å². The van der Waals surface area contributed by atoms with E-state index in [-0.39, 0.29) is 17.5 Å². The first-order valence-electron chi connectivity index (χ1n) is 12.1. The Morgan fingerprint density at radius 3 is 2.63 bits per heavy atom. The molecule has 1 aliphatic heterocycles. The number of rotatable bonds is 8. The number of benzene rings is 3. The molecule has 1 unspecified atom stereocenters. The molecule has 0 bridgehead atoms. The number of halogens is 1. The number of nitrogens with zero attached hydrogens (tertiary/aromatic N) is 3. The van der Waals surface area contributed by atoms with Crippen LogP contribution in [-0.2, 0) is 10.5 Å². The predicted octanol–water partition coefficient (Wildman–Crippen LogP) is 5.74. The van der Waals surface area contributed by atoms with Gasteiger partial charge in [-0.15, -0.1) is 5.10 Å². The lowest BCUT2D eigenvalue weighted by atomic mass is 9.95. The van der Waals surface area contributed by atoms with Crippen molar-refractivity contribution in [2.75, 3.05) is 17.2 Å². The van der Waals surface area contributed by atoms with Crippen LogP contribution in [0, 0.1) is 5.82 Å². The topological polar surface area (TPSA) is 101 Å². The minimum atomic E-state index is -0.624. The number of allylic oxidation sites excluding steroid dienone is 1. The van der Waals surface area contributed by atoms with Gasteiger partial charge in [-0.05, 0) is 55.3 Å². The van der Waals surface area contributed by atoms with Crippen molar-refractivity contribution in [1.82, 2.24) is 14.8 Å². The zero-order valence-corrected chi connectivity index (χ0v) is 21.6. The highest BCUT2D eigenvalue weighted by Gasteiger charge is 2.34. The summed E-state index contributed by atoms with van der Waals surface area (Å²) in [6.07, 6.45) is 0. The minimum absolute atomic E-state index is 0.111. The zero-order chi connectivity index (χ0) is 26.6. The molecule has 1 aromatic heterocycles. The molecule has 0 spiro atoms. The molecule has 0 saturated heterocycles. The van der Waals surface area contributed by atoms with E-state index < -0.39 is 6.04 Å². The zero-order valence-electron chi connectivity index (χ0n) is 20.8. The van der Waals surface area contributed by atoms with Crippen LogP contribution in [0.25, 0.3) is 0 Å². The van der Waals surface area contributed by atoms with Crippen molar-refractivity contribution in [2.45, 2.75) is 30.8 Å². The number of phenolic OH excluding ortho intramolecular Hbond substituents is 1. The molecule has 0 fully saturated rings. The summed E-state index contributed by atoms with van der Waals surface area (Å²) in [6.45, 7) is 4.15. The Balaban J connectivity index is 1.49. The highest BCUT2D eigenvalue weighted by molar-refractivity contribution is 7.98. The number of hydrogen-bond acceptors (Lipinski definition) is 7. The number of aromatic hydroxyl groups is 1. The maximum Gasteiger partial charge on any atom is 0.255 e. The van der Waals surface area contributed by atoms with Crippen molar-refractivity contribution in [3.05, 3.63) is 101 Å². The molecule has 4 aromatic rings. The van der Waals surface area contributed by atoms with Crippen molar-refractivity contribution in [3.8, 4) is 11.5 Å². The fourth-order valence-electron chi connectivity index (χ4n) is 4.25. The average Bonchev–Trinajstić information content (AvgIpc) is 3.31. The van der Waals surface area contributed by atoms with Gasteiger partial charge in [0.1, 0.15) is 23.4 Å². The van der Waals surface area contributed by atoms with Gasteiger partial charge >= 0.3 is 0 Å². The first-order chi connectivity index (χ1) is 18.4. The number of thioether (sulfide) groups is 1. The lowest BCUT2D eigenvalue weighted by Gasteiger charge is -2.28. The Bertz CT molecular complexity index is 1500. The highest BCUT2D eigenvalue weighted by Crippen LogP contribution is 2.38. The maximum absolute atomic E-state index is 14.1. The molecule has 8 nitrogen and oxygen atoms in total. The van der Waals surface area contributed by atoms with Crippen LogP contribution in [0.5, 0.6) is 11.5 Å². The molecule has 0 saturated carbocycles. The number of aromatic nitrogens is 3. The molecular weight excluding hydrogens is 505 g/mol. The van der Waals surface area contributed by atoms with Gasteiger partial charge < -0.3 is 20.5 Å².